The second-order valence-electron chi connectivity index (χ2n) is 4.72. The van der Waals surface area contributed by atoms with Gasteiger partial charge >= 0.3 is 6.61 Å². The van der Waals surface area contributed by atoms with Gasteiger partial charge in [0.25, 0.3) is 0 Å². The van der Waals surface area contributed by atoms with Gasteiger partial charge in [-0.2, -0.15) is 8.78 Å². The van der Waals surface area contributed by atoms with E-state index in [4.69, 9.17) is 5.73 Å². The fourth-order valence-electron chi connectivity index (χ4n) is 1.99. The molecule has 0 saturated heterocycles. The highest BCUT2D eigenvalue weighted by Crippen LogP contribution is 2.39. The van der Waals surface area contributed by atoms with Crippen LogP contribution in [0.1, 0.15) is 24.5 Å². The van der Waals surface area contributed by atoms with Crippen LogP contribution in [0.15, 0.2) is 30.3 Å². The quantitative estimate of drug-likeness (QED) is 0.932. The molecule has 104 valence electrons. The number of ether oxygens (including phenoxy) is 1. The fourth-order valence-corrected chi connectivity index (χ4v) is 1.99. The minimum Gasteiger partial charge on any atom is -0.435 e. The number of nitrogens with zero attached hydrogens (tertiary/aromatic N) is 2. The van der Waals surface area contributed by atoms with Crippen LogP contribution in [-0.2, 0) is 0 Å². The molecule has 20 heavy (non-hydrogen) atoms. The lowest BCUT2D eigenvalue weighted by atomic mass is 10.2. The number of alkyl halides is 2. The maximum absolute atomic E-state index is 12.1. The fraction of sp³-hybridized carbons (Fsp3) is 0.286. The zero-order chi connectivity index (χ0) is 14.1. The minimum atomic E-state index is -2.83. The van der Waals surface area contributed by atoms with E-state index in [1.165, 1.54) is 12.1 Å². The topological polar surface area (TPSA) is 61.0 Å². The molecule has 4 nitrogen and oxygen atoms in total. The molecule has 0 bridgehead atoms. The first kappa shape index (κ1) is 12.8. The van der Waals surface area contributed by atoms with Crippen molar-refractivity contribution in [1.29, 1.82) is 0 Å². The Labute approximate surface area is 114 Å². The Morgan fingerprint density at radius 3 is 2.45 bits per heavy atom. The van der Waals surface area contributed by atoms with Gasteiger partial charge in [-0.05, 0) is 37.1 Å². The molecule has 1 saturated carbocycles. The molecule has 3 rings (SSSR count). The first-order chi connectivity index (χ1) is 9.61. The number of halogens is 2. The van der Waals surface area contributed by atoms with Gasteiger partial charge in [-0.25, -0.2) is 9.97 Å². The van der Waals surface area contributed by atoms with Crippen molar-refractivity contribution in [2.75, 3.05) is 5.73 Å². The monoisotopic (exact) mass is 277 g/mol. The SMILES string of the molecule is Nc1cc(C2CC2)nc(-c2ccc(OC(F)F)cc2)n1. The first-order valence-corrected chi connectivity index (χ1v) is 6.31. The highest BCUT2D eigenvalue weighted by molar-refractivity contribution is 5.58. The molecule has 0 aliphatic heterocycles. The molecule has 6 heteroatoms. The number of anilines is 1. The number of nitrogens with two attached hydrogens (primary N) is 1. The summed E-state index contributed by atoms with van der Waals surface area (Å²) in [7, 11) is 0. The highest BCUT2D eigenvalue weighted by atomic mass is 19.3. The summed E-state index contributed by atoms with van der Waals surface area (Å²) in [6.07, 6.45) is 2.24. The van der Waals surface area contributed by atoms with Gasteiger partial charge in [0.2, 0.25) is 0 Å². The normalized spacial score (nSPS) is 14.6. The van der Waals surface area contributed by atoms with Crippen LogP contribution in [0.3, 0.4) is 0 Å². The maximum Gasteiger partial charge on any atom is 0.387 e. The molecule has 1 aromatic heterocycles. The Morgan fingerprint density at radius 2 is 1.85 bits per heavy atom. The van der Waals surface area contributed by atoms with Crippen molar-refractivity contribution in [3.8, 4) is 17.1 Å². The molecule has 1 heterocycles. The van der Waals surface area contributed by atoms with Gasteiger partial charge in [0.05, 0.1) is 0 Å². The van der Waals surface area contributed by atoms with E-state index in [-0.39, 0.29) is 5.75 Å². The van der Waals surface area contributed by atoms with Gasteiger partial charge < -0.3 is 10.5 Å². The summed E-state index contributed by atoms with van der Waals surface area (Å²) in [5.74, 6) is 1.51. The molecule has 1 fully saturated rings. The van der Waals surface area contributed by atoms with Crippen molar-refractivity contribution in [2.45, 2.75) is 25.4 Å². The lowest BCUT2D eigenvalue weighted by Crippen LogP contribution is -2.02. The Hall–Kier alpha value is -2.24. The molecule has 2 N–H and O–H groups in total. The van der Waals surface area contributed by atoms with E-state index in [0.717, 1.165) is 24.1 Å². The third-order valence-electron chi connectivity index (χ3n) is 3.10. The third-order valence-corrected chi connectivity index (χ3v) is 3.10. The van der Waals surface area contributed by atoms with E-state index in [1.54, 1.807) is 18.2 Å². The van der Waals surface area contributed by atoms with Crippen LogP contribution in [0.4, 0.5) is 14.6 Å². The minimum absolute atomic E-state index is 0.107. The van der Waals surface area contributed by atoms with Gasteiger partial charge in [0, 0.05) is 23.2 Å². The Kier molecular flexibility index (Phi) is 3.22. The van der Waals surface area contributed by atoms with Crippen molar-refractivity contribution >= 4 is 5.82 Å². The van der Waals surface area contributed by atoms with Crippen LogP contribution in [0, 0.1) is 0 Å². The summed E-state index contributed by atoms with van der Waals surface area (Å²) in [5.41, 5.74) is 7.45. The predicted octanol–water partition coefficient (Wildman–Crippen LogP) is 3.20. The van der Waals surface area contributed by atoms with Crippen molar-refractivity contribution in [2.24, 2.45) is 0 Å². The largest absolute Gasteiger partial charge is 0.435 e. The predicted molar refractivity (Wildman–Crippen MR) is 70.5 cm³/mol. The van der Waals surface area contributed by atoms with Crippen LogP contribution >= 0.6 is 0 Å². The molecule has 0 radical (unpaired) electrons. The molecule has 2 aromatic rings. The zero-order valence-corrected chi connectivity index (χ0v) is 10.6. The lowest BCUT2D eigenvalue weighted by molar-refractivity contribution is -0.0498. The Bertz CT molecular complexity index is 612. The second-order valence-corrected chi connectivity index (χ2v) is 4.72. The standard InChI is InChI=1S/C14H13F2N3O/c15-14(16)20-10-5-3-9(4-6-10)13-18-11(8-1-2-8)7-12(17)19-13/h3-8,14H,1-2H2,(H2,17,18,19). The number of rotatable bonds is 4. The van der Waals surface area contributed by atoms with Crippen LogP contribution in [-0.4, -0.2) is 16.6 Å². The molecular weight excluding hydrogens is 264 g/mol. The van der Waals surface area contributed by atoms with Crippen molar-refractivity contribution in [1.82, 2.24) is 9.97 Å². The van der Waals surface area contributed by atoms with E-state index in [9.17, 15) is 8.78 Å². The molecule has 1 aliphatic carbocycles. The molecule has 0 spiro atoms. The van der Waals surface area contributed by atoms with Gasteiger partial charge in [0.15, 0.2) is 5.82 Å². The van der Waals surface area contributed by atoms with E-state index in [0.29, 0.717) is 17.6 Å². The summed E-state index contributed by atoms with van der Waals surface area (Å²) >= 11 is 0. The second kappa shape index (κ2) is 5.03. The number of hydrogen-bond donors (Lipinski definition) is 1. The van der Waals surface area contributed by atoms with Gasteiger partial charge in [-0.1, -0.05) is 0 Å². The molecule has 1 aliphatic rings. The van der Waals surface area contributed by atoms with Crippen LogP contribution in [0.5, 0.6) is 5.75 Å². The molecule has 1 aromatic carbocycles. The average Bonchev–Trinajstić information content (AvgIpc) is 3.22. The van der Waals surface area contributed by atoms with E-state index in [1.807, 2.05) is 0 Å². The van der Waals surface area contributed by atoms with Crippen molar-refractivity contribution in [3.63, 3.8) is 0 Å². The number of aromatic nitrogens is 2. The zero-order valence-electron chi connectivity index (χ0n) is 10.6. The summed E-state index contributed by atoms with van der Waals surface area (Å²) in [6.45, 7) is -2.83. The molecule has 0 atom stereocenters. The lowest BCUT2D eigenvalue weighted by Gasteiger charge is -2.07. The van der Waals surface area contributed by atoms with E-state index in [2.05, 4.69) is 14.7 Å². The molecular formula is C14H13F2N3O. The smallest absolute Gasteiger partial charge is 0.387 e. The van der Waals surface area contributed by atoms with Crippen molar-refractivity contribution < 1.29 is 13.5 Å². The van der Waals surface area contributed by atoms with E-state index >= 15 is 0 Å². The maximum atomic E-state index is 12.1. The Balaban J connectivity index is 1.88. The number of benzene rings is 1. The summed E-state index contributed by atoms with van der Waals surface area (Å²) < 4.78 is 28.5. The van der Waals surface area contributed by atoms with E-state index < -0.39 is 6.61 Å². The molecule has 0 unspecified atom stereocenters. The average molecular weight is 277 g/mol. The van der Waals surface area contributed by atoms with Crippen LogP contribution < -0.4 is 10.5 Å². The summed E-state index contributed by atoms with van der Waals surface area (Å²) in [6, 6.07) is 8.00. The third kappa shape index (κ3) is 2.84. The highest BCUT2D eigenvalue weighted by Gasteiger charge is 2.26. The number of hydrogen-bond acceptors (Lipinski definition) is 4. The first-order valence-electron chi connectivity index (χ1n) is 6.31. The number of nitrogen functional groups attached to an aromatic ring is 1. The Morgan fingerprint density at radius 1 is 1.15 bits per heavy atom. The van der Waals surface area contributed by atoms with Crippen LogP contribution in [0.25, 0.3) is 11.4 Å². The summed E-state index contributed by atoms with van der Waals surface area (Å²) in [5, 5.41) is 0. The van der Waals surface area contributed by atoms with Gasteiger partial charge in [-0.3, -0.25) is 0 Å². The molecule has 0 amide bonds. The van der Waals surface area contributed by atoms with Gasteiger partial charge in [0.1, 0.15) is 11.6 Å². The van der Waals surface area contributed by atoms with Gasteiger partial charge in [-0.15, -0.1) is 0 Å². The summed E-state index contributed by atoms with van der Waals surface area (Å²) in [4.78, 5) is 8.66. The van der Waals surface area contributed by atoms with Crippen molar-refractivity contribution in [3.05, 3.63) is 36.0 Å². The van der Waals surface area contributed by atoms with Crippen LogP contribution in [0.2, 0.25) is 0 Å².